The third kappa shape index (κ3) is 5.11. The first-order valence-electron chi connectivity index (χ1n) is 13.9. The van der Waals surface area contributed by atoms with Crippen molar-refractivity contribution in [3.63, 3.8) is 0 Å². The number of hydrogen-bond donors (Lipinski definition) is 1. The molecule has 0 spiro atoms. The van der Waals surface area contributed by atoms with E-state index < -0.39 is 23.7 Å². The van der Waals surface area contributed by atoms with Crippen molar-refractivity contribution in [3.8, 4) is 5.75 Å². The lowest BCUT2D eigenvalue weighted by molar-refractivity contribution is -0.132. The van der Waals surface area contributed by atoms with E-state index in [0.29, 0.717) is 40.6 Å². The van der Waals surface area contributed by atoms with Crippen LogP contribution in [0.25, 0.3) is 11.4 Å². The number of carbonyl (C=O) groups excluding carboxylic acids is 3. The number of rotatable bonds is 8. The highest BCUT2D eigenvalue weighted by Gasteiger charge is 2.49. The van der Waals surface area contributed by atoms with Crippen molar-refractivity contribution >= 4 is 45.5 Å². The number of aliphatic hydroxyl groups excluding tert-OH is 1. The van der Waals surface area contributed by atoms with Crippen LogP contribution in [0, 0.1) is 13.8 Å². The molecule has 1 aliphatic rings. The molecule has 0 aliphatic carbocycles. The van der Waals surface area contributed by atoms with Gasteiger partial charge in [-0.05, 0) is 56.2 Å². The smallest absolute Gasteiger partial charge is 0.350 e. The van der Waals surface area contributed by atoms with E-state index in [4.69, 9.17) is 9.47 Å². The third-order valence-corrected chi connectivity index (χ3v) is 8.41. The molecule has 222 valence electrons. The summed E-state index contributed by atoms with van der Waals surface area (Å²) < 4.78 is 12.8. The van der Waals surface area contributed by atoms with E-state index >= 15 is 0 Å². The summed E-state index contributed by atoms with van der Waals surface area (Å²) in [5.74, 6) is -2.11. The van der Waals surface area contributed by atoms with E-state index in [0.717, 1.165) is 16.9 Å². The number of benzene rings is 2. The zero-order valence-corrected chi connectivity index (χ0v) is 25.0. The fourth-order valence-corrected chi connectivity index (χ4v) is 6.22. The van der Waals surface area contributed by atoms with Crippen LogP contribution in [0.1, 0.15) is 50.8 Å². The molecule has 1 atom stereocenters. The normalized spacial score (nSPS) is 16.1. The lowest BCUT2D eigenvalue weighted by Crippen LogP contribution is -2.29. The molecule has 2 aromatic carbocycles. The van der Waals surface area contributed by atoms with Crippen molar-refractivity contribution in [3.05, 3.63) is 118 Å². The van der Waals surface area contributed by atoms with Gasteiger partial charge in [0.15, 0.2) is 10.9 Å². The van der Waals surface area contributed by atoms with Gasteiger partial charge in [-0.1, -0.05) is 59.9 Å². The molecule has 1 unspecified atom stereocenters. The molecule has 0 radical (unpaired) electrons. The zero-order chi connectivity index (χ0) is 31.0. The number of aliphatic hydroxyl groups is 1. The fourth-order valence-electron chi connectivity index (χ4n) is 5.23. The Morgan fingerprint density at radius 1 is 0.955 bits per heavy atom. The van der Waals surface area contributed by atoms with Gasteiger partial charge in [-0.25, -0.2) is 14.8 Å². The second-order valence-corrected chi connectivity index (χ2v) is 11.1. The molecule has 0 saturated carbocycles. The summed E-state index contributed by atoms with van der Waals surface area (Å²) in [6, 6.07) is 21.0. The SMILES string of the molecule is CCOC(=O)c1sc(N2C(=O)C(=O)C(=C(O)c3c(C)nc4ccccn34)C2c2ccc(OCc3ccccc3)cc2)nc1C. The van der Waals surface area contributed by atoms with Crippen molar-refractivity contribution in [2.24, 2.45) is 0 Å². The standard InChI is InChI=1S/C33H28N4O6S/c1-4-42-32(41)30-20(3)35-33(44-30)37-27(22-13-15-23(16-14-22)43-18-21-10-6-5-7-11-21)25(29(39)31(37)40)28(38)26-19(2)34-24-12-8-9-17-36(24)26/h5-17,27,38H,4,18H2,1-3H3. The molecule has 6 rings (SSSR count). The number of anilines is 1. The molecule has 1 fully saturated rings. The first kappa shape index (κ1) is 28.8. The minimum atomic E-state index is -1.05. The van der Waals surface area contributed by atoms with Gasteiger partial charge in [-0.3, -0.25) is 18.9 Å². The number of ketones is 1. The Morgan fingerprint density at radius 3 is 2.41 bits per heavy atom. The number of ether oxygens (including phenoxy) is 2. The van der Waals surface area contributed by atoms with Crippen LogP contribution in [0.3, 0.4) is 0 Å². The van der Waals surface area contributed by atoms with E-state index in [2.05, 4.69) is 9.97 Å². The van der Waals surface area contributed by atoms with E-state index in [1.807, 2.05) is 36.4 Å². The van der Waals surface area contributed by atoms with E-state index in [-0.39, 0.29) is 27.9 Å². The van der Waals surface area contributed by atoms with Crippen LogP contribution in [0.2, 0.25) is 0 Å². The molecule has 1 aliphatic heterocycles. The summed E-state index contributed by atoms with van der Waals surface area (Å²) in [5, 5.41) is 11.9. The van der Waals surface area contributed by atoms with Crippen LogP contribution in [-0.2, 0) is 20.9 Å². The maximum atomic E-state index is 13.7. The van der Waals surface area contributed by atoms with Crippen molar-refractivity contribution in [1.82, 2.24) is 14.4 Å². The summed E-state index contributed by atoms with van der Waals surface area (Å²) in [4.78, 5) is 50.5. The van der Waals surface area contributed by atoms with Crippen molar-refractivity contribution in [2.75, 3.05) is 11.5 Å². The number of nitrogens with zero attached hydrogens (tertiary/aromatic N) is 4. The number of imidazole rings is 1. The molecule has 0 bridgehead atoms. The van der Waals surface area contributed by atoms with Crippen LogP contribution in [-0.4, -0.2) is 43.7 Å². The second kappa shape index (κ2) is 11.8. The average molecular weight is 609 g/mol. The highest BCUT2D eigenvalue weighted by molar-refractivity contribution is 7.17. The van der Waals surface area contributed by atoms with Gasteiger partial charge in [0, 0.05) is 6.20 Å². The Morgan fingerprint density at radius 2 is 1.68 bits per heavy atom. The van der Waals surface area contributed by atoms with Crippen LogP contribution in [0.5, 0.6) is 5.75 Å². The van der Waals surface area contributed by atoms with Crippen LogP contribution in [0.15, 0.2) is 84.6 Å². The van der Waals surface area contributed by atoms with Crippen LogP contribution < -0.4 is 9.64 Å². The van der Waals surface area contributed by atoms with Gasteiger partial charge in [-0.2, -0.15) is 0 Å². The summed E-state index contributed by atoms with van der Waals surface area (Å²) in [5.41, 5.74) is 3.15. The molecule has 1 amide bonds. The maximum Gasteiger partial charge on any atom is 0.350 e. The Bertz CT molecular complexity index is 1930. The number of hydrogen-bond acceptors (Lipinski definition) is 9. The molecule has 1 N–H and O–H groups in total. The molecule has 5 aromatic rings. The number of fused-ring (bicyclic) bond motifs is 1. The summed E-state index contributed by atoms with van der Waals surface area (Å²) >= 11 is 0.956. The summed E-state index contributed by atoms with van der Waals surface area (Å²) in [6.45, 7) is 5.60. The molecule has 3 aromatic heterocycles. The molecular formula is C33H28N4O6S. The number of aryl methyl sites for hydroxylation is 2. The first-order valence-corrected chi connectivity index (χ1v) is 14.8. The minimum absolute atomic E-state index is 0.118. The molecule has 44 heavy (non-hydrogen) atoms. The molecule has 4 heterocycles. The van der Waals surface area contributed by atoms with E-state index in [9.17, 15) is 19.5 Å². The number of amides is 1. The lowest BCUT2D eigenvalue weighted by Gasteiger charge is -2.23. The number of esters is 1. The minimum Gasteiger partial charge on any atom is -0.505 e. The van der Waals surface area contributed by atoms with Gasteiger partial charge in [-0.15, -0.1) is 0 Å². The lowest BCUT2D eigenvalue weighted by atomic mass is 9.96. The second-order valence-electron chi connectivity index (χ2n) is 10.1. The quantitative estimate of drug-likeness (QED) is 0.102. The van der Waals surface area contributed by atoms with Gasteiger partial charge >= 0.3 is 11.9 Å². The molecule has 1 saturated heterocycles. The fraction of sp³-hybridized carbons (Fsp3) is 0.182. The topological polar surface area (TPSA) is 123 Å². The largest absolute Gasteiger partial charge is 0.505 e. The maximum absolute atomic E-state index is 13.7. The summed E-state index contributed by atoms with van der Waals surface area (Å²) in [6.07, 6.45) is 1.73. The molecule has 11 heteroatoms. The highest BCUT2D eigenvalue weighted by atomic mass is 32.1. The van der Waals surface area contributed by atoms with Gasteiger partial charge in [0.25, 0.3) is 5.78 Å². The van der Waals surface area contributed by atoms with E-state index in [1.54, 1.807) is 67.8 Å². The molecule has 10 nitrogen and oxygen atoms in total. The predicted molar refractivity (Wildman–Crippen MR) is 165 cm³/mol. The van der Waals surface area contributed by atoms with Gasteiger partial charge in [0.1, 0.15) is 28.6 Å². The Balaban J connectivity index is 1.46. The third-order valence-electron chi connectivity index (χ3n) is 7.27. The summed E-state index contributed by atoms with van der Waals surface area (Å²) in [7, 11) is 0. The number of Topliss-reactive ketones (excluding diaryl/α,β-unsaturated/α-hetero) is 1. The van der Waals surface area contributed by atoms with Gasteiger partial charge in [0.2, 0.25) is 0 Å². The van der Waals surface area contributed by atoms with Gasteiger partial charge in [0.05, 0.1) is 29.6 Å². The van der Waals surface area contributed by atoms with Gasteiger partial charge < -0.3 is 14.6 Å². The Labute approximate surface area is 256 Å². The monoisotopic (exact) mass is 608 g/mol. The Hall–Kier alpha value is -5.29. The van der Waals surface area contributed by atoms with Crippen molar-refractivity contribution in [1.29, 1.82) is 0 Å². The number of pyridine rings is 1. The highest BCUT2D eigenvalue weighted by Crippen LogP contribution is 2.44. The average Bonchev–Trinajstić information content (AvgIpc) is 3.66. The number of aromatic nitrogens is 3. The zero-order valence-electron chi connectivity index (χ0n) is 24.2. The van der Waals surface area contributed by atoms with Crippen LogP contribution >= 0.6 is 11.3 Å². The number of carbonyl (C=O) groups is 3. The van der Waals surface area contributed by atoms with Crippen LogP contribution in [0.4, 0.5) is 5.13 Å². The predicted octanol–water partition coefficient (Wildman–Crippen LogP) is 5.79. The van der Waals surface area contributed by atoms with E-state index in [1.165, 1.54) is 4.90 Å². The Kier molecular flexibility index (Phi) is 7.71. The first-order chi connectivity index (χ1) is 21.3. The number of thiazole rings is 1. The van der Waals surface area contributed by atoms with Crippen molar-refractivity contribution in [2.45, 2.75) is 33.4 Å². The van der Waals surface area contributed by atoms with Crippen molar-refractivity contribution < 1.29 is 29.0 Å². The molecular weight excluding hydrogens is 580 g/mol.